The molecule has 5 nitrogen and oxygen atoms in total. The molecule has 1 aliphatic heterocycles. The summed E-state index contributed by atoms with van der Waals surface area (Å²) in [6.45, 7) is 7.37. The van der Waals surface area contributed by atoms with Gasteiger partial charge in [0, 0.05) is 39.8 Å². The SMILES string of the molecule is CC(=Cc1ccccc1)CN1CCN(c2nncn2C)CC1. The molecule has 0 bridgehead atoms. The van der Waals surface area contributed by atoms with Crippen molar-refractivity contribution in [3.63, 3.8) is 0 Å². The van der Waals surface area contributed by atoms with Crippen LogP contribution >= 0.6 is 0 Å². The van der Waals surface area contributed by atoms with Crippen molar-refractivity contribution >= 4 is 12.0 Å². The fraction of sp³-hybridized carbons (Fsp3) is 0.412. The molecular formula is C17H23N5. The van der Waals surface area contributed by atoms with Crippen LogP contribution in [0.25, 0.3) is 6.08 Å². The number of rotatable bonds is 4. The van der Waals surface area contributed by atoms with Crippen LogP contribution in [0.1, 0.15) is 12.5 Å². The minimum Gasteiger partial charge on any atom is -0.338 e. The molecule has 22 heavy (non-hydrogen) atoms. The van der Waals surface area contributed by atoms with Gasteiger partial charge in [0.1, 0.15) is 6.33 Å². The lowest BCUT2D eigenvalue weighted by atomic mass is 10.1. The molecule has 0 N–H and O–H groups in total. The molecule has 0 spiro atoms. The molecule has 1 aromatic heterocycles. The van der Waals surface area contributed by atoms with E-state index in [9.17, 15) is 0 Å². The highest BCUT2D eigenvalue weighted by molar-refractivity contribution is 5.52. The zero-order valence-corrected chi connectivity index (χ0v) is 13.3. The first-order chi connectivity index (χ1) is 10.7. The number of hydrogen-bond acceptors (Lipinski definition) is 4. The minimum absolute atomic E-state index is 0.969. The Balaban J connectivity index is 1.54. The maximum Gasteiger partial charge on any atom is 0.226 e. The molecule has 2 aromatic rings. The number of anilines is 1. The third kappa shape index (κ3) is 3.54. The van der Waals surface area contributed by atoms with Crippen molar-refractivity contribution in [1.29, 1.82) is 0 Å². The molecule has 3 rings (SSSR count). The van der Waals surface area contributed by atoms with E-state index in [-0.39, 0.29) is 0 Å². The lowest BCUT2D eigenvalue weighted by Gasteiger charge is -2.35. The van der Waals surface area contributed by atoms with Crippen LogP contribution in [-0.4, -0.2) is 52.4 Å². The summed E-state index contributed by atoms with van der Waals surface area (Å²) < 4.78 is 1.98. The Morgan fingerprint density at radius 3 is 2.50 bits per heavy atom. The number of hydrogen-bond donors (Lipinski definition) is 0. The maximum absolute atomic E-state index is 4.19. The van der Waals surface area contributed by atoms with Gasteiger partial charge in [-0.3, -0.25) is 4.90 Å². The van der Waals surface area contributed by atoms with E-state index >= 15 is 0 Å². The van der Waals surface area contributed by atoms with E-state index in [0.717, 1.165) is 38.7 Å². The van der Waals surface area contributed by atoms with E-state index in [2.05, 4.69) is 63.3 Å². The summed E-state index contributed by atoms with van der Waals surface area (Å²) in [5.74, 6) is 0.969. The van der Waals surface area contributed by atoms with Crippen molar-refractivity contribution in [3.8, 4) is 0 Å². The second-order valence-corrected chi connectivity index (χ2v) is 5.91. The smallest absolute Gasteiger partial charge is 0.226 e. The first kappa shape index (κ1) is 14.8. The van der Waals surface area contributed by atoms with Gasteiger partial charge in [0.15, 0.2) is 0 Å². The van der Waals surface area contributed by atoms with Gasteiger partial charge in [-0.1, -0.05) is 42.0 Å². The second-order valence-electron chi connectivity index (χ2n) is 5.91. The molecule has 0 radical (unpaired) electrons. The summed E-state index contributed by atoms with van der Waals surface area (Å²) in [5, 5.41) is 8.15. The molecule has 1 saturated heterocycles. The van der Waals surface area contributed by atoms with Gasteiger partial charge >= 0.3 is 0 Å². The van der Waals surface area contributed by atoms with E-state index in [0.29, 0.717) is 0 Å². The van der Waals surface area contributed by atoms with Crippen LogP contribution in [0.5, 0.6) is 0 Å². The molecule has 2 heterocycles. The normalized spacial score (nSPS) is 17.0. The predicted octanol–water partition coefficient (Wildman–Crippen LogP) is 2.04. The van der Waals surface area contributed by atoms with Gasteiger partial charge in [0.2, 0.25) is 5.95 Å². The Morgan fingerprint density at radius 1 is 1.14 bits per heavy atom. The molecular weight excluding hydrogens is 274 g/mol. The summed E-state index contributed by atoms with van der Waals surface area (Å²) in [6, 6.07) is 10.5. The third-order valence-corrected chi connectivity index (χ3v) is 4.03. The molecule has 0 saturated carbocycles. The molecule has 0 aliphatic carbocycles. The van der Waals surface area contributed by atoms with Crippen LogP contribution in [0.3, 0.4) is 0 Å². The van der Waals surface area contributed by atoms with Crippen LogP contribution in [0.15, 0.2) is 42.2 Å². The fourth-order valence-electron chi connectivity index (χ4n) is 2.90. The van der Waals surface area contributed by atoms with Gasteiger partial charge in [-0.25, -0.2) is 0 Å². The van der Waals surface area contributed by atoms with Crippen LogP contribution in [0.2, 0.25) is 0 Å². The standard InChI is InChI=1S/C17H23N5/c1-15(12-16-6-4-3-5-7-16)13-21-8-10-22(11-9-21)17-19-18-14-20(17)2/h3-7,12,14H,8-11,13H2,1-2H3. The average molecular weight is 297 g/mol. The minimum atomic E-state index is 0.969. The summed E-state index contributed by atoms with van der Waals surface area (Å²) >= 11 is 0. The summed E-state index contributed by atoms with van der Waals surface area (Å²) in [7, 11) is 1.99. The van der Waals surface area contributed by atoms with Crippen LogP contribution in [-0.2, 0) is 7.05 Å². The van der Waals surface area contributed by atoms with Gasteiger partial charge < -0.3 is 9.47 Å². The summed E-state index contributed by atoms with van der Waals surface area (Å²) in [5.41, 5.74) is 2.68. The van der Waals surface area contributed by atoms with Gasteiger partial charge in [-0.05, 0) is 12.5 Å². The molecule has 5 heteroatoms. The van der Waals surface area contributed by atoms with E-state index in [1.807, 2.05) is 11.6 Å². The number of nitrogens with zero attached hydrogens (tertiary/aromatic N) is 5. The first-order valence-corrected chi connectivity index (χ1v) is 7.76. The molecule has 1 fully saturated rings. The highest BCUT2D eigenvalue weighted by atomic mass is 15.4. The molecule has 0 unspecified atom stereocenters. The highest BCUT2D eigenvalue weighted by Gasteiger charge is 2.19. The quantitative estimate of drug-likeness (QED) is 0.865. The molecule has 116 valence electrons. The van der Waals surface area contributed by atoms with Gasteiger partial charge in [-0.15, -0.1) is 10.2 Å². The maximum atomic E-state index is 4.19. The number of piperazine rings is 1. The van der Waals surface area contributed by atoms with Crippen molar-refractivity contribution < 1.29 is 0 Å². The van der Waals surface area contributed by atoms with Crippen molar-refractivity contribution in [1.82, 2.24) is 19.7 Å². The van der Waals surface area contributed by atoms with Crippen molar-refractivity contribution in [2.45, 2.75) is 6.92 Å². The molecule has 1 aromatic carbocycles. The Labute approximate surface area is 131 Å². The van der Waals surface area contributed by atoms with Crippen molar-refractivity contribution in [2.24, 2.45) is 7.05 Å². The second kappa shape index (κ2) is 6.75. The van der Waals surface area contributed by atoms with Gasteiger partial charge in [0.05, 0.1) is 0 Å². The Morgan fingerprint density at radius 2 is 1.86 bits per heavy atom. The first-order valence-electron chi connectivity index (χ1n) is 7.76. The average Bonchev–Trinajstić information content (AvgIpc) is 2.95. The topological polar surface area (TPSA) is 37.2 Å². The third-order valence-electron chi connectivity index (χ3n) is 4.03. The zero-order chi connectivity index (χ0) is 15.4. The van der Waals surface area contributed by atoms with Crippen LogP contribution in [0, 0.1) is 0 Å². The van der Waals surface area contributed by atoms with Crippen molar-refractivity contribution in [3.05, 3.63) is 47.8 Å². The van der Waals surface area contributed by atoms with Gasteiger partial charge in [0.25, 0.3) is 0 Å². The molecule has 0 atom stereocenters. The number of benzene rings is 1. The lowest BCUT2D eigenvalue weighted by molar-refractivity contribution is 0.277. The predicted molar refractivity (Wildman–Crippen MR) is 89.7 cm³/mol. The molecule has 1 aliphatic rings. The van der Waals surface area contributed by atoms with Gasteiger partial charge in [-0.2, -0.15) is 0 Å². The largest absolute Gasteiger partial charge is 0.338 e. The van der Waals surface area contributed by atoms with E-state index in [1.165, 1.54) is 11.1 Å². The van der Waals surface area contributed by atoms with Crippen LogP contribution < -0.4 is 4.90 Å². The van der Waals surface area contributed by atoms with E-state index in [1.54, 1.807) is 6.33 Å². The monoisotopic (exact) mass is 297 g/mol. The Bertz CT molecular complexity index is 624. The van der Waals surface area contributed by atoms with Crippen LogP contribution in [0.4, 0.5) is 5.95 Å². The Kier molecular flexibility index (Phi) is 4.53. The highest BCUT2D eigenvalue weighted by Crippen LogP contribution is 2.13. The van der Waals surface area contributed by atoms with E-state index in [4.69, 9.17) is 0 Å². The Hall–Kier alpha value is -2.14. The number of aryl methyl sites for hydroxylation is 1. The fourth-order valence-corrected chi connectivity index (χ4v) is 2.90. The summed E-state index contributed by atoms with van der Waals surface area (Å²) in [6.07, 6.45) is 4.03. The summed E-state index contributed by atoms with van der Waals surface area (Å²) in [4.78, 5) is 4.81. The number of aromatic nitrogens is 3. The lowest BCUT2D eigenvalue weighted by Crippen LogP contribution is -2.47. The van der Waals surface area contributed by atoms with Crippen molar-refractivity contribution in [2.75, 3.05) is 37.6 Å². The van der Waals surface area contributed by atoms with E-state index < -0.39 is 0 Å². The molecule has 0 amide bonds. The zero-order valence-electron chi connectivity index (χ0n) is 13.3.